The number of benzene rings is 1. The minimum Gasteiger partial charge on any atom is -0.497 e. The summed E-state index contributed by atoms with van der Waals surface area (Å²) in [4.78, 5) is 16.1. The van der Waals surface area contributed by atoms with Crippen molar-refractivity contribution in [2.75, 3.05) is 19.4 Å². The van der Waals surface area contributed by atoms with Crippen molar-refractivity contribution in [1.82, 2.24) is 15.6 Å². The number of hydrogen-bond acceptors (Lipinski definition) is 7. The fourth-order valence-corrected chi connectivity index (χ4v) is 3.08. The van der Waals surface area contributed by atoms with Crippen molar-refractivity contribution >= 4 is 11.9 Å². The molecule has 0 aliphatic carbocycles. The molecule has 5 N–H and O–H groups in total. The van der Waals surface area contributed by atoms with Crippen LogP contribution in [0.3, 0.4) is 0 Å². The normalized spacial score (nSPS) is 21.6. The monoisotopic (exact) mass is 372 g/mol. The van der Waals surface area contributed by atoms with Gasteiger partial charge >= 0.3 is 6.09 Å². The first kappa shape index (κ1) is 18.9. The molecule has 1 aliphatic rings. The average molecular weight is 372 g/mol. The number of aliphatic hydroxyl groups excluding tert-OH is 1. The quantitative estimate of drug-likeness (QED) is 0.593. The summed E-state index contributed by atoms with van der Waals surface area (Å²) < 4.78 is 10.6. The van der Waals surface area contributed by atoms with Crippen LogP contribution in [0, 0.1) is 0 Å². The van der Waals surface area contributed by atoms with Crippen molar-refractivity contribution in [2.45, 2.75) is 31.2 Å². The maximum atomic E-state index is 12.1. The van der Waals surface area contributed by atoms with Gasteiger partial charge in [0.1, 0.15) is 23.8 Å². The van der Waals surface area contributed by atoms with E-state index in [9.17, 15) is 9.90 Å². The van der Waals surface area contributed by atoms with Crippen LogP contribution in [0.1, 0.15) is 11.1 Å². The zero-order valence-electron chi connectivity index (χ0n) is 15.1. The first-order chi connectivity index (χ1) is 13.0. The molecule has 2 heterocycles. The maximum Gasteiger partial charge on any atom is 0.407 e. The zero-order chi connectivity index (χ0) is 19.2. The van der Waals surface area contributed by atoms with Gasteiger partial charge in [0.15, 0.2) is 0 Å². The lowest BCUT2D eigenvalue weighted by Crippen LogP contribution is -2.41. The van der Waals surface area contributed by atoms with Gasteiger partial charge in [-0.1, -0.05) is 12.1 Å². The Bertz CT molecular complexity index is 769. The van der Waals surface area contributed by atoms with E-state index in [-0.39, 0.29) is 12.6 Å². The minimum atomic E-state index is -0.754. The van der Waals surface area contributed by atoms with Crippen LogP contribution in [-0.4, -0.2) is 48.1 Å². The number of hydrogen-bond donors (Lipinski definition) is 4. The highest BCUT2D eigenvalue weighted by Crippen LogP contribution is 2.19. The number of anilines is 1. The van der Waals surface area contributed by atoms with Crippen molar-refractivity contribution in [3.63, 3.8) is 0 Å². The standard InChI is InChI=1S/C19H24N4O4/c1-26-14-4-2-12(3-5-14)8-15-18(16(24)11-22-15)27-19(25)23-10-13-6-7-21-17(20)9-13/h2-7,9,15-16,18,22,24H,8,10-11H2,1H3,(H2,20,21)(H,23,25)/t15-,16+,18+/m1/s1. The summed E-state index contributed by atoms with van der Waals surface area (Å²) in [6, 6.07) is 10.9. The molecule has 3 atom stereocenters. The molecule has 1 aromatic carbocycles. The molecule has 1 aliphatic heterocycles. The first-order valence-corrected chi connectivity index (χ1v) is 8.74. The number of aromatic nitrogens is 1. The van der Waals surface area contributed by atoms with Gasteiger partial charge in [-0.15, -0.1) is 0 Å². The van der Waals surface area contributed by atoms with Gasteiger partial charge < -0.3 is 30.9 Å². The number of rotatable bonds is 6. The Morgan fingerprint density at radius 3 is 2.81 bits per heavy atom. The van der Waals surface area contributed by atoms with Crippen LogP contribution in [0.25, 0.3) is 0 Å². The predicted octanol–water partition coefficient (Wildman–Crippen LogP) is 0.843. The van der Waals surface area contributed by atoms with Crippen molar-refractivity contribution in [2.24, 2.45) is 0 Å². The first-order valence-electron chi connectivity index (χ1n) is 8.74. The molecular formula is C19H24N4O4. The van der Waals surface area contributed by atoms with Gasteiger partial charge in [-0.25, -0.2) is 9.78 Å². The van der Waals surface area contributed by atoms with Gasteiger partial charge in [0.2, 0.25) is 0 Å². The SMILES string of the molecule is COc1ccc(C[C@H]2NC[C@H](O)[C@H]2OC(=O)NCc2ccnc(N)c2)cc1. The highest BCUT2D eigenvalue weighted by atomic mass is 16.6. The van der Waals surface area contributed by atoms with E-state index in [4.69, 9.17) is 15.2 Å². The van der Waals surface area contributed by atoms with Crippen LogP contribution >= 0.6 is 0 Å². The second kappa shape index (κ2) is 8.70. The molecule has 3 rings (SSSR count). The number of aliphatic hydroxyl groups is 1. The van der Waals surface area contributed by atoms with Crippen molar-refractivity contribution in [3.05, 3.63) is 53.7 Å². The maximum absolute atomic E-state index is 12.1. The van der Waals surface area contributed by atoms with Crippen LogP contribution in [0.2, 0.25) is 0 Å². The molecular weight excluding hydrogens is 348 g/mol. The lowest BCUT2D eigenvalue weighted by atomic mass is 10.0. The highest BCUT2D eigenvalue weighted by molar-refractivity contribution is 5.67. The van der Waals surface area contributed by atoms with E-state index in [1.54, 1.807) is 25.4 Å². The Hall–Kier alpha value is -2.84. The third-order valence-corrected chi connectivity index (χ3v) is 4.51. The summed E-state index contributed by atoms with van der Waals surface area (Å²) in [6.45, 7) is 0.643. The van der Waals surface area contributed by atoms with Crippen LogP contribution in [0.4, 0.5) is 10.6 Å². The number of β-amino-alcohol motifs (C(OH)–C–C–N with tert-alkyl or cyclic N) is 1. The molecule has 0 unspecified atom stereocenters. The number of pyridine rings is 1. The summed E-state index contributed by atoms with van der Waals surface area (Å²) >= 11 is 0. The highest BCUT2D eigenvalue weighted by Gasteiger charge is 2.37. The number of nitrogens with two attached hydrogens (primary N) is 1. The number of nitrogen functional groups attached to an aromatic ring is 1. The van der Waals surface area contributed by atoms with Crippen molar-refractivity contribution in [1.29, 1.82) is 0 Å². The zero-order valence-corrected chi connectivity index (χ0v) is 15.1. The summed E-state index contributed by atoms with van der Waals surface area (Å²) in [7, 11) is 1.62. The third-order valence-electron chi connectivity index (χ3n) is 4.51. The fraction of sp³-hybridized carbons (Fsp3) is 0.368. The summed E-state index contributed by atoms with van der Waals surface area (Å²) in [5, 5.41) is 16.1. The smallest absolute Gasteiger partial charge is 0.407 e. The van der Waals surface area contributed by atoms with E-state index in [0.29, 0.717) is 18.8 Å². The minimum absolute atomic E-state index is 0.171. The topological polar surface area (TPSA) is 119 Å². The Labute approximate surface area is 157 Å². The van der Waals surface area contributed by atoms with Crippen molar-refractivity contribution in [3.8, 4) is 5.75 Å². The molecule has 8 heteroatoms. The van der Waals surface area contributed by atoms with E-state index < -0.39 is 18.3 Å². The number of carbonyl (C=O) groups excluding carboxylic acids is 1. The van der Waals surface area contributed by atoms with Gasteiger partial charge in [-0.05, 0) is 41.8 Å². The molecule has 144 valence electrons. The average Bonchev–Trinajstić information content (AvgIpc) is 3.00. The van der Waals surface area contributed by atoms with Crippen LogP contribution in [0.5, 0.6) is 5.75 Å². The molecule has 27 heavy (non-hydrogen) atoms. The Balaban J connectivity index is 1.55. The molecule has 0 radical (unpaired) electrons. The van der Waals surface area contributed by atoms with E-state index in [0.717, 1.165) is 16.9 Å². The van der Waals surface area contributed by atoms with Crippen LogP contribution < -0.4 is 21.1 Å². The predicted molar refractivity (Wildman–Crippen MR) is 100 cm³/mol. The number of ether oxygens (including phenoxy) is 2. The van der Waals surface area contributed by atoms with Gasteiger partial charge in [-0.3, -0.25) is 0 Å². The van der Waals surface area contributed by atoms with Gasteiger partial charge in [-0.2, -0.15) is 0 Å². The van der Waals surface area contributed by atoms with Crippen LogP contribution in [0.15, 0.2) is 42.6 Å². The molecule has 1 fully saturated rings. The number of nitrogens with zero attached hydrogens (tertiary/aromatic N) is 1. The van der Waals surface area contributed by atoms with E-state index in [1.807, 2.05) is 24.3 Å². The lowest BCUT2D eigenvalue weighted by Gasteiger charge is -2.22. The third kappa shape index (κ3) is 5.08. The van der Waals surface area contributed by atoms with Crippen LogP contribution in [-0.2, 0) is 17.7 Å². The van der Waals surface area contributed by atoms with E-state index >= 15 is 0 Å². The van der Waals surface area contributed by atoms with E-state index in [1.165, 1.54) is 0 Å². The summed E-state index contributed by atoms with van der Waals surface area (Å²) in [6.07, 6.45) is 0.232. The summed E-state index contributed by atoms with van der Waals surface area (Å²) in [5.74, 6) is 1.17. The second-order valence-corrected chi connectivity index (χ2v) is 6.45. The number of amides is 1. The molecule has 0 saturated carbocycles. The largest absolute Gasteiger partial charge is 0.497 e. The molecule has 1 aromatic heterocycles. The summed E-state index contributed by atoms with van der Waals surface area (Å²) in [5.41, 5.74) is 7.50. The lowest BCUT2D eigenvalue weighted by molar-refractivity contribution is 0.0188. The Morgan fingerprint density at radius 1 is 1.33 bits per heavy atom. The number of alkyl carbamates (subject to hydrolysis) is 1. The fourth-order valence-electron chi connectivity index (χ4n) is 3.08. The second-order valence-electron chi connectivity index (χ2n) is 6.45. The number of carbonyl (C=O) groups is 1. The Morgan fingerprint density at radius 2 is 2.11 bits per heavy atom. The molecule has 8 nitrogen and oxygen atoms in total. The number of methoxy groups -OCH3 is 1. The van der Waals surface area contributed by atoms with Gasteiger partial charge in [0.25, 0.3) is 0 Å². The molecule has 0 bridgehead atoms. The van der Waals surface area contributed by atoms with E-state index in [2.05, 4.69) is 15.6 Å². The van der Waals surface area contributed by atoms with Gasteiger partial charge in [0.05, 0.1) is 13.2 Å². The molecule has 0 spiro atoms. The molecule has 1 amide bonds. The Kier molecular flexibility index (Phi) is 6.10. The molecule has 1 saturated heterocycles. The molecule has 2 aromatic rings. The number of nitrogens with one attached hydrogen (secondary N) is 2. The van der Waals surface area contributed by atoms with Crippen molar-refractivity contribution < 1.29 is 19.4 Å². The van der Waals surface area contributed by atoms with Gasteiger partial charge in [0, 0.05) is 19.3 Å².